The third-order valence-electron chi connectivity index (χ3n) is 6.86. The molecule has 0 saturated carbocycles. The zero-order chi connectivity index (χ0) is 25.8. The summed E-state index contributed by atoms with van der Waals surface area (Å²) in [6.45, 7) is 2.63. The summed E-state index contributed by atoms with van der Waals surface area (Å²) >= 11 is 7.51. The molecule has 37 heavy (non-hydrogen) atoms. The Morgan fingerprint density at radius 3 is 2.68 bits per heavy atom. The number of unbranched alkanes of at least 4 members (excludes halogenated alkanes) is 1. The quantitative estimate of drug-likeness (QED) is 0.381. The van der Waals surface area contributed by atoms with E-state index in [1.807, 2.05) is 24.3 Å². The van der Waals surface area contributed by atoms with Gasteiger partial charge in [-0.3, -0.25) is 0 Å². The van der Waals surface area contributed by atoms with Crippen LogP contribution >= 0.6 is 22.9 Å². The highest BCUT2D eigenvalue weighted by Gasteiger charge is 2.25. The zero-order valence-corrected chi connectivity index (χ0v) is 22.9. The number of rotatable bonds is 9. The van der Waals surface area contributed by atoms with Crippen LogP contribution in [0.5, 0.6) is 5.19 Å². The first kappa shape index (κ1) is 26.4. The summed E-state index contributed by atoms with van der Waals surface area (Å²) in [6.07, 6.45) is 7.28. The van der Waals surface area contributed by atoms with Crippen LogP contribution in [0.2, 0.25) is 5.02 Å². The molecule has 8 nitrogen and oxygen atoms in total. The number of aliphatic hydroxyl groups is 1. The number of sulfonamides is 1. The number of thiazole rings is 1. The Balaban J connectivity index is 1.18. The number of fused-ring (bicyclic) bond motifs is 1. The Labute approximate surface area is 226 Å². The van der Waals surface area contributed by atoms with Crippen LogP contribution in [0.4, 0.5) is 5.82 Å². The maximum atomic E-state index is 12.5. The molecule has 0 radical (unpaired) electrons. The Kier molecular flexibility index (Phi) is 8.31. The molecule has 198 valence electrons. The molecule has 2 aliphatic heterocycles. The first-order chi connectivity index (χ1) is 17.9. The molecule has 0 spiro atoms. The van der Waals surface area contributed by atoms with Crippen LogP contribution in [0.3, 0.4) is 0 Å². The van der Waals surface area contributed by atoms with E-state index in [4.69, 9.17) is 26.4 Å². The molecule has 1 fully saturated rings. The lowest BCUT2D eigenvalue weighted by Gasteiger charge is -2.32. The smallest absolute Gasteiger partial charge is 0.274 e. The van der Waals surface area contributed by atoms with Gasteiger partial charge in [-0.15, -0.1) is 0 Å². The maximum Gasteiger partial charge on any atom is 0.274 e. The van der Waals surface area contributed by atoms with Gasteiger partial charge < -0.3 is 14.7 Å². The van der Waals surface area contributed by atoms with Gasteiger partial charge >= 0.3 is 0 Å². The standard InChI is InChI=1S/C26H31ClN4O4S2/c27-21-4-6-25(28-18-21)30-11-9-22(10-12-30)35-26-29-23-5-3-20(17-24(23)36-26)19-7-13-31(14-8-19)37(33,34)16-2-1-15-32/h3-7,17-18,22,32H,1-2,8-16H2. The van der Waals surface area contributed by atoms with Crippen molar-refractivity contribution in [1.82, 2.24) is 14.3 Å². The van der Waals surface area contributed by atoms with Gasteiger partial charge in [0.05, 0.1) is 21.0 Å². The molecule has 0 bridgehead atoms. The molecule has 0 amide bonds. The van der Waals surface area contributed by atoms with E-state index in [1.165, 1.54) is 0 Å². The van der Waals surface area contributed by atoms with Crippen molar-refractivity contribution in [2.24, 2.45) is 0 Å². The Hall–Kier alpha value is -2.24. The number of pyridine rings is 1. The molecule has 2 aromatic heterocycles. The molecule has 0 aliphatic carbocycles. The molecule has 1 saturated heterocycles. The third kappa shape index (κ3) is 6.43. The number of hydrogen-bond donors (Lipinski definition) is 1. The normalized spacial score (nSPS) is 17.8. The molecule has 11 heteroatoms. The average Bonchev–Trinajstić information content (AvgIpc) is 3.31. The fourth-order valence-electron chi connectivity index (χ4n) is 4.74. The molecule has 2 aliphatic rings. The number of aromatic nitrogens is 2. The van der Waals surface area contributed by atoms with E-state index in [2.05, 4.69) is 22.0 Å². The lowest BCUT2D eigenvalue weighted by Crippen LogP contribution is -2.38. The Morgan fingerprint density at radius 2 is 1.97 bits per heavy atom. The van der Waals surface area contributed by atoms with E-state index >= 15 is 0 Å². The van der Waals surface area contributed by atoms with Crippen molar-refractivity contribution >= 4 is 54.6 Å². The predicted octanol–water partition coefficient (Wildman–Crippen LogP) is 4.58. The minimum absolute atomic E-state index is 0.0215. The summed E-state index contributed by atoms with van der Waals surface area (Å²) in [6, 6.07) is 10.0. The molecular formula is C26H31ClN4O4S2. The van der Waals surface area contributed by atoms with Crippen LogP contribution in [0, 0.1) is 0 Å². The van der Waals surface area contributed by atoms with E-state index in [1.54, 1.807) is 21.8 Å². The van der Waals surface area contributed by atoms with E-state index in [0.29, 0.717) is 42.6 Å². The van der Waals surface area contributed by atoms with Crippen LogP contribution in [-0.2, 0) is 10.0 Å². The second-order valence-electron chi connectivity index (χ2n) is 9.39. The second kappa shape index (κ2) is 11.7. The highest BCUT2D eigenvalue weighted by atomic mass is 35.5. The largest absolute Gasteiger partial charge is 0.467 e. The minimum atomic E-state index is -3.29. The van der Waals surface area contributed by atoms with Crippen LogP contribution < -0.4 is 9.64 Å². The van der Waals surface area contributed by atoms with Gasteiger partial charge in [-0.1, -0.05) is 35.1 Å². The summed E-state index contributed by atoms with van der Waals surface area (Å²) < 4.78 is 33.9. The molecule has 4 heterocycles. The summed E-state index contributed by atoms with van der Waals surface area (Å²) in [5.41, 5.74) is 3.17. The number of benzene rings is 1. The third-order valence-corrected chi connectivity index (χ3v) is 9.92. The van der Waals surface area contributed by atoms with Gasteiger partial charge in [-0.2, -0.15) is 4.31 Å². The van der Waals surface area contributed by atoms with Crippen molar-refractivity contribution in [2.75, 3.05) is 43.4 Å². The fourth-order valence-corrected chi connectivity index (χ4v) is 7.28. The number of hydrogen-bond acceptors (Lipinski definition) is 8. The number of halogens is 1. The van der Waals surface area contributed by atoms with E-state index in [-0.39, 0.29) is 18.5 Å². The van der Waals surface area contributed by atoms with Crippen molar-refractivity contribution in [1.29, 1.82) is 0 Å². The molecule has 3 aromatic rings. The molecule has 0 atom stereocenters. The van der Waals surface area contributed by atoms with Crippen molar-refractivity contribution in [3.05, 3.63) is 53.2 Å². The lowest BCUT2D eigenvalue weighted by atomic mass is 10.0. The summed E-state index contributed by atoms with van der Waals surface area (Å²) in [7, 11) is -3.29. The van der Waals surface area contributed by atoms with Gasteiger partial charge in [0.1, 0.15) is 11.9 Å². The van der Waals surface area contributed by atoms with Crippen molar-refractivity contribution in [2.45, 2.75) is 38.2 Å². The zero-order valence-electron chi connectivity index (χ0n) is 20.6. The maximum absolute atomic E-state index is 12.5. The van der Waals surface area contributed by atoms with Crippen molar-refractivity contribution in [3.63, 3.8) is 0 Å². The van der Waals surface area contributed by atoms with Gasteiger partial charge in [-0.05, 0) is 54.7 Å². The number of anilines is 1. The molecule has 5 rings (SSSR count). The van der Waals surface area contributed by atoms with Crippen molar-refractivity contribution < 1.29 is 18.3 Å². The van der Waals surface area contributed by atoms with E-state index in [9.17, 15) is 8.42 Å². The summed E-state index contributed by atoms with van der Waals surface area (Å²) in [4.78, 5) is 11.4. The number of ether oxygens (including phenoxy) is 1. The van der Waals surface area contributed by atoms with Crippen molar-refractivity contribution in [3.8, 4) is 5.19 Å². The number of aliphatic hydroxyl groups excluding tert-OH is 1. The average molecular weight is 563 g/mol. The topological polar surface area (TPSA) is 95.9 Å². The second-order valence-corrected chi connectivity index (χ2v) is 12.9. The first-order valence-electron chi connectivity index (χ1n) is 12.6. The van der Waals surface area contributed by atoms with Gasteiger partial charge in [0, 0.05) is 51.8 Å². The van der Waals surface area contributed by atoms with Crippen LogP contribution in [0.1, 0.15) is 37.7 Å². The Morgan fingerprint density at radius 1 is 1.14 bits per heavy atom. The highest BCUT2D eigenvalue weighted by molar-refractivity contribution is 7.89. The number of piperidine rings is 1. The Bertz CT molecular complexity index is 1350. The van der Waals surface area contributed by atoms with Gasteiger partial charge in [-0.25, -0.2) is 18.4 Å². The lowest BCUT2D eigenvalue weighted by molar-refractivity contribution is 0.170. The van der Waals surface area contributed by atoms with Crippen LogP contribution in [0.15, 0.2) is 42.6 Å². The fraction of sp³-hybridized carbons (Fsp3) is 0.462. The predicted molar refractivity (Wildman–Crippen MR) is 149 cm³/mol. The van der Waals surface area contributed by atoms with Crippen LogP contribution in [-0.4, -0.2) is 72.4 Å². The van der Waals surface area contributed by atoms with Gasteiger partial charge in [0.25, 0.3) is 5.19 Å². The van der Waals surface area contributed by atoms with Crippen LogP contribution in [0.25, 0.3) is 15.8 Å². The molecule has 0 unspecified atom stereocenters. The SMILES string of the molecule is O=S(=O)(CCCCO)N1CC=C(c2ccc3nc(OC4CCN(c5ccc(Cl)cn5)CC4)sc3c2)CC1. The van der Waals surface area contributed by atoms with E-state index in [0.717, 1.165) is 53.1 Å². The highest BCUT2D eigenvalue weighted by Crippen LogP contribution is 2.33. The van der Waals surface area contributed by atoms with Gasteiger partial charge in [0.2, 0.25) is 10.0 Å². The summed E-state index contributed by atoms with van der Waals surface area (Å²) in [5, 5.41) is 10.2. The number of nitrogens with zero attached hydrogens (tertiary/aromatic N) is 4. The molecular weight excluding hydrogens is 532 g/mol. The molecule has 1 aromatic carbocycles. The first-order valence-corrected chi connectivity index (χ1v) is 15.4. The monoisotopic (exact) mass is 562 g/mol. The minimum Gasteiger partial charge on any atom is -0.467 e. The van der Waals surface area contributed by atoms with E-state index < -0.39 is 10.0 Å². The van der Waals surface area contributed by atoms with Gasteiger partial charge in [0.15, 0.2) is 0 Å². The summed E-state index contributed by atoms with van der Waals surface area (Å²) in [5.74, 6) is 1.03. The molecule has 1 N–H and O–H groups in total.